The van der Waals surface area contributed by atoms with Crippen molar-refractivity contribution in [3.05, 3.63) is 53.3 Å². The molecule has 0 heterocycles. The van der Waals surface area contributed by atoms with Gasteiger partial charge in [-0.05, 0) is 110 Å². The molecular formula is C28H31F7O. The topological polar surface area (TPSA) is 9.23 Å². The van der Waals surface area contributed by atoms with E-state index in [-0.39, 0.29) is 18.2 Å². The maximum absolute atomic E-state index is 15.0. The molecule has 0 radical (unpaired) electrons. The quantitative estimate of drug-likeness (QED) is 0.333. The van der Waals surface area contributed by atoms with Crippen LogP contribution >= 0.6 is 0 Å². The number of ether oxygens (including phenoxy) is 1. The Hall–Kier alpha value is -2.25. The number of rotatable bonds is 7. The predicted molar refractivity (Wildman–Crippen MR) is 124 cm³/mol. The minimum Gasteiger partial charge on any atom is -0.403 e. The van der Waals surface area contributed by atoms with E-state index in [4.69, 9.17) is 0 Å². The van der Waals surface area contributed by atoms with Gasteiger partial charge in [-0.25, -0.2) is 13.2 Å². The van der Waals surface area contributed by atoms with E-state index in [1.807, 2.05) is 0 Å². The molecule has 36 heavy (non-hydrogen) atoms. The highest BCUT2D eigenvalue weighted by molar-refractivity contribution is 5.66. The molecule has 198 valence electrons. The van der Waals surface area contributed by atoms with Gasteiger partial charge in [0.1, 0.15) is 11.6 Å². The van der Waals surface area contributed by atoms with E-state index in [1.54, 1.807) is 0 Å². The van der Waals surface area contributed by atoms with Crippen LogP contribution in [-0.4, -0.2) is 13.0 Å². The van der Waals surface area contributed by atoms with Gasteiger partial charge in [-0.2, -0.15) is 0 Å². The Morgan fingerprint density at radius 2 is 1.33 bits per heavy atom. The van der Waals surface area contributed by atoms with Crippen LogP contribution in [0.4, 0.5) is 30.7 Å². The van der Waals surface area contributed by atoms with Gasteiger partial charge in [-0.3, -0.25) is 4.39 Å². The molecular weight excluding hydrogens is 485 g/mol. The lowest BCUT2D eigenvalue weighted by molar-refractivity contribution is -0.275. The first-order chi connectivity index (χ1) is 17.1. The van der Waals surface area contributed by atoms with Gasteiger partial charge in [0, 0.05) is 0 Å². The molecule has 8 heteroatoms. The van der Waals surface area contributed by atoms with Crippen molar-refractivity contribution in [1.29, 1.82) is 0 Å². The van der Waals surface area contributed by atoms with Gasteiger partial charge in [0.05, 0.1) is 12.2 Å². The van der Waals surface area contributed by atoms with Gasteiger partial charge in [-0.1, -0.05) is 18.9 Å². The Morgan fingerprint density at radius 3 is 1.86 bits per heavy atom. The molecule has 0 amide bonds. The standard InChI is InChI=1S/C28H31F7O/c29-13-1-2-17-3-5-18(6-4-17)19-7-9-20(10-8-19)22-15-24(31)27(25(32)16-22)21-11-12-26(23(30)14-21)36-28(33,34)35/h11-12,14-20H,1-10,13H2. The van der Waals surface area contributed by atoms with Crippen molar-refractivity contribution in [1.82, 2.24) is 0 Å². The van der Waals surface area contributed by atoms with E-state index in [1.165, 1.54) is 25.0 Å². The summed E-state index contributed by atoms with van der Waals surface area (Å²) in [6, 6.07) is 4.87. The Bertz CT molecular complexity index is 996. The fourth-order valence-electron chi connectivity index (χ4n) is 6.21. The Labute approximate surface area is 207 Å². The molecule has 2 saturated carbocycles. The molecule has 2 aromatic carbocycles. The van der Waals surface area contributed by atoms with Gasteiger partial charge in [0.25, 0.3) is 0 Å². The fraction of sp³-hybridized carbons (Fsp3) is 0.571. The van der Waals surface area contributed by atoms with Crippen LogP contribution in [0.3, 0.4) is 0 Å². The van der Waals surface area contributed by atoms with Crippen LogP contribution in [0.5, 0.6) is 5.75 Å². The number of halogens is 7. The average molecular weight is 517 g/mol. The molecule has 0 spiro atoms. The molecule has 2 aromatic rings. The minimum atomic E-state index is -5.07. The first kappa shape index (κ1) is 26.8. The highest BCUT2D eigenvalue weighted by atomic mass is 19.4. The first-order valence-corrected chi connectivity index (χ1v) is 12.7. The van der Waals surface area contributed by atoms with E-state index in [0.717, 1.165) is 51.0 Å². The van der Waals surface area contributed by atoms with E-state index in [2.05, 4.69) is 4.74 Å². The number of benzene rings is 2. The Kier molecular flexibility index (Phi) is 8.51. The summed E-state index contributed by atoms with van der Waals surface area (Å²) in [6.07, 6.45) is 4.89. The van der Waals surface area contributed by atoms with Crippen LogP contribution in [0.15, 0.2) is 30.3 Å². The molecule has 0 aliphatic heterocycles. The second-order valence-corrected chi connectivity index (χ2v) is 10.3. The highest BCUT2D eigenvalue weighted by Gasteiger charge is 2.33. The van der Waals surface area contributed by atoms with Crippen molar-refractivity contribution in [3.8, 4) is 16.9 Å². The van der Waals surface area contributed by atoms with Gasteiger partial charge in [0.2, 0.25) is 0 Å². The third kappa shape index (κ3) is 6.54. The lowest BCUT2D eigenvalue weighted by Crippen LogP contribution is -2.25. The number of hydrogen-bond acceptors (Lipinski definition) is 1. The van der Waals surface area contributed by atoms with E-state index in [0.29, 0.717) is 41.9 Å². The molecule has 1 nitrogen and oxygen atoms in total. The van der Waals surface area contributed by atoms with Gasteiger partial charge in [-0.15, -0.1) is 13.2 Å². The third-order valence-electron chi connectivity index (χ3n) is 8.06. The Morgan fingerprint density at radius 1 is 0.750 bits per heavy atom. The van der Waals surface area contributed by atoms with E-state index < -0.39 is 35.1 Å². The maximum atomic E-state index is 15.0. The minimum absolute atomic E-state index is 0.0273. The molecule has 2 fully saturated rings. The average Bonchev–Trinajstić information content (AvgIpc) is 2.83. The molecule has 0 atom stereocenters. The molecule has 0 bridgehead atoms. The maximum Gasteiger partial charge on any atom is 0.573 e. The molecule has 2 aliphatic rings. The summed E-state index contributed by atoms with van der Waals surface area (Å²) in [5, 5.41) is 0. The van der Waals surface area contributed by atoms with E-state index >= 15 is 0 Å². The second-order valence-electron chi connectivity index (χ2n) is 10.3. The lowest BCUT2D eigenvalue weighted by Gasteiger charge is -2.38. The lowest BCUT2D eigenvalue weighted by atomic mass is 9.68. The summed E-state index contributed by atoms with van der Waals surface area (Å²) in [6.45, 7) is -0.244. The van der Waals surface area contributed by atoms with Crippen molar-refractivity contribution in [2.24, 2.45) is 17.8 Å². The predicted octanol–water partition coefficient (Wildman–Crippen LogP) is 9.50. The first-order valence-electron chi connectivity index (χ1n) is 12.7. The molecule has 4 rings (SSSR count). The zero-order valence-corrected chi connectivity index (χ0v) is 20.0. The molecule has 0 saturated heterocycles. The monoisotopic (exact) mass is 516 g/mol. The van der Waals surface area contributed by atoms with Crippen LogP contribution < -0.4 is 4.74 Å². The summed E-state index contributed by atoms with van der Waals surface area (Å²) < 4.78 is 97.1. The van der Waals surface area contributed by atoms with Crippen LogP contribution in [0.2, 0.25) is 0 Å². The zero-order valence-electron chi connectivity index (χ0n) is 20.0. The van der Waals surface area contributed by atoms with Crippen molar-refractivity contribution < 1.29 is 35.5 Å². The molecule has 0 aromatic heterocycles. The van der Waals surface area contributed by atoms with Crippen molar-refractivity contribution >= 4 is 0 Å². The van der Waals surface area contributed by atoms with Gasteiger partial charge in [0.15, 0.2) is 11.6 Å². The number of hydrogen-bond donors (Lipinski definition) is 0. The van der Waals surface area contributed by atoms with Gasteiger partial charge >= 0.3 is 6.36 Å². The SMILES string of the molecule is FCCCC1CCC(C2CCC(c3cc(F)c(-c4ccc(OC(F)(F)F)c(F)c4)c(F)c3)CC2)CC1. The third-order valence-corrected chi connectivity index (χ3v) is 8.06. The van der Waals surface area contributed by atoms with Crippen molar-refractivity contribution in [2.45, 2.75) is 76.5 Å². The van der Waals surface area contributed by atoms with E-state index in [9.17, 15) is 30.7 Å². The normalized spacial score (nSPS) is 25.1. The van der Waals surface area contributed by atoms with Crippen molar-refractivity contribution in [3.63, 3.8) is 0 Å². The van der Waals surface area contributed by atoms with Crippen LogP contribution in [0.1, 0.15) is 75.7 Å². The largest absolute Gasteiger partial charge is 0.573 e. The summed E-state index contributed by atoms with van der Waals surface area (Å²) in [5.41, 5.74) is -0.122. The van der Waals surface area contributed by atoms with Gasteiger partial charge < -0.3 is 4.74 Å². The fourth-order valence-corrected chi connectivity index (χ4v) is 6.21. The highest BCUT2D eigenvalue weighted by Crippen LogP contribution is 2.45. The summed E-state index contributed by atoms with van der Waals surface area (Å²) in [5.74, 6) is -2.22. The van der Waals surface area contributed by atoms with Crippen LogP contribution in [0.25, 0.3) is 11.1 Å². The van der Waals surface area contributed by atoms with Crippen LogP contribution in [-0.2, 0) is 0 Å². The summed E-state index contributed by atoms with van der Waals surface area (Å²) in [7, 11) is 0. The number of alkyl halides is 4. The molecule has 0 unspecified atom stereocenters. The van der Waals surface area contributed by atoms with Crippen molar-refractivity contribution in [2.75, 3.05) is 6.67 Å². The zero-order chi connectivity index (χ0) is 25.9. The smallest absolute Gasteiger partial charge is 0.403 e. The van der Waals surface area contributed by atoms with Crippen LogP contribution in [0, 0.1) is 35.2 Å². The molecule has 2 aliphatic carbocycles. The second kappa shape index (κ2) is 11.4. The Balaban J connectivity index is 1.38. The summed E-state index contributed by atoms with van der Waals surface area (Å²) in [4.78, 5) is 0. The summed E-state index contributed by atoms with van der Waals surface area (Å²) >= 11 is 0. The molecule has 0 N–H and O–H groups in total.